The zero-order valence-corrected chi connectivity index (χ0v) is 12.7. The molecule has 1 aromatic carbocycles. The lowest BCUT2D eigenvalue weighted by molar-refractivity contribution is 0.405. The molecule has 0 saturated heterocycles. The number of thiazole rings is 1. The predicted octanol–water partition coefficient (Wildman–Crippen LogP) is 3.32. The topological polar surface area (TPSA) is 48.1 Å². The lowest BCUT2D eigenvalue weighted by Crippen LogP contribution is -2.14. The van der Waals surface area contributed by atoms with Crippen LogP contribution in [-0.4, -0.2) is 12.1 Å². The maximum absolute atomic E-state index is 6.30. The average Bonchev–Trinajstić information content (AvgIpc) is 2.67. The van der Waals surface area contributed by atoms with Crippen LogP contribution in [0.5, 0.6) is 5.75 Å². The molecule has 3 nitrogen and oxygen atoms in total. The first-order chi connectivity index (χ1) is 9.01. The van der Waals surface area contributed by atoms with Crippen LogP contribution in [0.4, 0.5) is 0 Å². The first-order valence-corrected chi connectivity index (χ1v) is 7.16. The van der Waals surface area contributed by atoms with Gasteiger partial charge in [0.2, 0.25) is 0 Å². The van der Waals surface area contributed by atoms with Gasteiger partial charge in [-0.1, -0.05) is 12.1 Å². The van der Waals surface area contributed by atoms with E-state index in [9.17, 15) is 0 Å². The number of ether oxygens (including phenoxy) is 1. The molecule has 0 aliphatic rings. The molecule has 2 rings (SSSR count). The summed E-state index contributed by atoms with van der Waals surface area (Å²) < 4.78 is 5.42. The second-order valence-corrected chi connectivity index (χ2v) is 6.09. The fraction of sp³-hybridized carbons (Fsp3) is 0.400. The summed E-state index contributed by atoms with van der Waals surface area (Å²) in [5.41, 5.74) is 9.61. The zero-order chi connectivity index (χ0) is 14.0. The first-order valence-electron chi connectivity index (χ1n) is 6.34. The van der Waals surface area contributed by atoms with Gasteiger partial charge in [0, 0.05) is 22.9 Å². The van der Waals surface area contributed by atoms with Gasteiger partial charge in [0.05, 0.1) is 17.8 Å². The molecule has 0 amide bonds. The van der Waals surface area contributed by atoms with E-state index in [2.05, 4.69) is 18.0 Å². The average molecular weight is 276 g/mol. The maximum Gasteiger partial charge on any atom is 0.123 e. The maximum atomic E-state index is 6.30. The van der Waals surface area contributed by atoms with E-state index in [1.807, 2.05) is 26.0 Å². The fourth-order valence-electron chi connectivity index (χ4n) is 2.05. The SMILES string of the molecule is COc1cc(C)ccc1C(N)Cc1nc(C)c(C)s1. The molecule has 0 spiro atoms. The van der Waals surface area contributed by atoms with E-state index in [4.69, 9.17) is 10.5 Å². The van der Waals surface area contributed by atoms with E-state index in [-0.39, 0.29) is 6.04 Å². The lowest BCUT2D eigenvalue weighted by Gasteiger charge is -2.15. The van der Waals surface area contributed by atoms with Crippen LogP contribution < -0.4 is 10.5 Å². The molecule has 0 aliphatic carbocycles. The highest BCUT2D eigenvalue weighted by atomic mass is 32.1. The van der Waals surface area contributed by atoms with Gasteiger partial charge in [0.25, 0.3) is 0 Å². The molecule has 0 saturated carbocycles. The molecule has 0 aliphatic heterocycles. The highest BCUT2D eigenvalue weighted by molar-refractivity contribution is 7.11. The molecule has 2 N–H and O–H groups in total. The summed E-state index contributed by atoms with van der Waals surface area (Å²) in [7, 11) is 1.68. The van der Waals surface area contributed by atoms with Crippen molar-refractivity contribution in [1.29, 1.82) is 0 Å². The van der Waals surface area contributed by atoms with Gasteiger partial charge in [0.1, 0.15) is 5.75 Å². The quantitative estimate of drug-likeness (QED) is 0.932. The fourth-order valence-corrected chi connectivity index (χ4v) is 3.04. The molecule has 0 bridgehead atoms. The van der Waals surface area contributed by atoms with Gasteiger partial charge in [-0.3, -0.25) is 0 Å². The number of hydrogen-bond acceptors (Lipinski definition) is 4. The minimum atomic E-state index is -0.0829. The highest BCUT2D eigenvalue weighted by Gasteiger charge is 2.15. The van der Waals surface area contributed by atoms with Crippen LogP contribution in [-0.2, 0) is 6.42 Å². The van der Waals surface area contributed by atoms with Gasteiger partial charge in [0.15, 0.2) is 0 Å². The van der Waals surface area contributed by atoms with Gasteiger partial charge in [-0.25, -0.2) is 4.98 Å². The minimum absolute atomic E-state index is 0.0829. The molecule has 2 aromatic rings. The summed E-state index contributed by atoms with van der Waals surface area (Å²) in [4.78, 5) is 5.81. The summed E-state index contributed by atoms with van der Waals surface area (Å²) in [6, 6.07) is 6.05. The van der Waals surface area contributed by atoms with Crippen LogP contribution >= 0.6 is 11.3 Å². The van der Waals surface area contributed by atoms with Crippen molar-refractivity contribution in [2.45, 2.75) is 33.2 Å². The van der Waals surface area contributed by atoms with Crippen molar-refractivity contribution in [1.82, 2.24) is 4.98 Å². The Morgan fingerprint density at radius 1 is 1.32 bits per heavy atom. The Hall–Kier alpha value is -1.39. The number of aryl methyl sites for hydroxylation is 3. The van der Waals surface area contributed by atoms with Crippen molar-refractivity contribution >= 4 is 11.3 Å². The smallest absolute Gasteiger partial charge is 0.123 e. The molecular formula is C15H20N2OS. The highest BCUT2D eigenvalue weighted by Crippen LogP contribution is 2.28. The molecule has 1 aromatic heterocycles. The van der Waals surface area contributed by atoms with Crippen molar-refractivity contribution in [2.24, 2.45) is 5.73 Å². The first kappa shape index (κ1) is 14.0. The van der Waals surface area contributed by atoms with Crippen molar-refractivity contribution in [3.8, 4) is 5.75 Å². The zero-order valence-electron chi connectivity index (χ0n) is 11.9. The molecule has 19 heavy (non-hydrogen) atoms. The van der Waals surface area contributed by atoms with Crippen LogP contribution in [0.25, 0.3) is 0 Å². The molecule has 0 radical (unpaired) electrons. The van der Waals surface area contributed by atoms with Crippen molar-refractivity contribution in [3.63, 3.8) is 0 Å². The third kappa shape index (κ3) is 3.14. The van der Waals surface area contributed by atoms with E-state index >= 15 is 0 Å². The Morgan fingerprint density at radius 2 is 2.05 bits per heavy atom. The molecule has 4 heteroatoms. The van der Waals surface area contributed by atoms with Crippen LogP contribution in [0.1, 0.15) is 32.7 Å². The Kier molecular flexibility index (Phi) is 4.22. The molecule has 0 fully saturated rings. The second kappa shape index (κ2) is 5.72. The Balaban J connectivity index is 2.22. The summed E-state index contributed by atoms with van der Waals surface area (Å²) >= 11 is 1.72. The molecule has 1 unspecified atom stereocenters. The van der Waals surface area contributed by atoms with E-state index in [0.717, 1.165) is 28.4 Å². The van der Waals surface area contributed by atoms with E-state index in [1.165, 1.54) is 10.4 Å². The minimum Gasteiger partial charge on any atom is -0.496 e. The van der Waals surface area contributed by atoms with E-state index in [0.29, 0.717) is 0 Å². The van der Waals surface area contributed by atoms with Gasteiger partial charge >= 0.3 is 0 Å². The van der Waals surface area contributed by atoms with Crippen molar-refractivity contribution in [3.05, 3.63) is 44.9 Å². The number of rotatable bonds is 4. The second-order valence-electron chi connectivity index (χ2n) is 4.81. The van der Waals surface area contributed by atoms with E-state index in [1.54, 1.807) is 18.4 Å². The summed E-state index contributed by atoms with van der Waals surface area (Å²) in [5, 5.41) is 1.09. The molecule has 1 heterocycles. The molecule has 102 valence electrons. The van der Waals surface area contributed by atoms with Gasteiger partial charge < -0.3 is 10.5 Å². The largest absolute Gasteiger partial charge is 0.496 e. The Morgan fingerprint density at radius 3 is 2.63 bits per heavy atom. The Bertz CT molecular complexity index is 558. The summed E-state index contributed by atoms with van der Waals surface area (Å²) in [6.45, 7) is 6.17. The lowest BCUT2D eigenvalue weighted by atomic mass is 10.0. The number of benzene rings is 1. The Labute approximate surface area is 118 Å². The van der Waals surface area contributed by atoms with Gasteiger partial charge in [-0.05, 0) is 32.4 Å². The van der Waals surface area contributed by atoms with Crippen LogP contribution in [0.2, 0.25) is 0 Å². The summed E-state index contributed by atoms with van der Waals surface area (Å²) in [5.74, 6) is 0.859. The van der Waals surface area contributed by atoms with Crippen LogP contribution in [0.3, 0.4) is 0 Å². The van der Waals surface area contributed by atoms with Gasteiger partial charge in [-0.2, -0.15) is 0 Å². The molecule has 1 atom stereocenters. The van der Waals surface area contributed by atoms with Crippen LogP contribution in [0.15, 0.2) is 18.2 Å². The summed E-state index contributed by atoms with van der Waals surface area (Å²) in [6.07, 6.45) is 0.749. The van der Waals surface area contributed by atoms with Gasteiger partial charge in [-0.15, -0.1) is 11.3 Å². The number of hydrogen-bond donors (Lipinski definition) is 1. The number of methoxy groups -OCH3 is 1. The third-order valence-corrected chi connectivity index (χ3v) is 4.35. The normalized spacial score (nSPS) is 12.5. The predicted molar refractivity (Wildman–Crippen MR) is 80.0 cm³/mol. The number of nitrogens with two attached hydrogens (primary N) is 1. The van der Waals surface area contributed by atoms with Crippen LogP contribution in [0, 0.1) is 20.8 Å². The van der Waals surface area contributed by atoms with Crippen molar-refractivity contribution in [2.75, 3.05) is 7.11 Å². The monoisotopic (exact) mass is 276 g/mol. The number of aromatic nitrogens is 1. The van der Waals surface area contributed by atoms with Crippen molar-refractivity contribution < 1.29 is 4.74 Å². The standard InChI is InChI=1S/C15H20N2OS/c1-9-5-6-12(14(7-9)18-4)13(16)8-15-17-10(2)11(3)19-15/h5-7,13H,8,16H2,1-4H3. The number of nitrogens with zero attached hydrogens (tertiary/aromatic N) is 1. The molecular weight excluding hydrogens is 256 g/mol. The van der Waals surface area contributed by atoms with E-state index < -0.39 is 0 Å². The third-order valence-electron chi connectivity index (χ3n) is 3.26.